The number of furan rings is 1. The largest absolute Gasteiger partial charge is 0.472 e. The maximum atomic E-state index is 13.5. The smallest absolute Gasteiger partial charge is 0.146 e. The molecule has 0 saturated heterocycles. The molecule has 1 N–H and O–H groups in total. The number of anilines is 1. The predicted octanol–water partition coefficient (Wildman–Crippen LogP) is 3.90. The van der Waals surface area contributed by atoms with Gasteiger partial charge in [0.25, 0.3) is 0 Å². The SMILES string of the molecule is Cc1ccc(F)c(NC(C)c2ccoc2)c1. The van der Waals surface area contributed by atoms with Crippen molar-refractivity contribution in [3.05, 3.63) is 53.7 Å². The molecule has 0 aliphatic carbocycles. The Bertz CT molecular complexity index is 465. The van der Waals surface area contributed by atoms with E-state index in [-0.39, 0.29) is 11.9 Å². The number of aryl methyl sites for hydroxylation is 1. The lowest BCUT2D eigenvalue weighted by atomic mass is 10.1. The molecule has 1 heterocycles. The van der Waals surface area contributed by atoms with Crippen molar-refractivity contribution in [2.24, 2.45) is 0 Å². The van der Waals surface area contributed by atoms with Gasteiger partial charge < -0.3 is 9.73 Å². The van der Waals surface area contributed by atoms with E-state index in [2.05, 4.69) is 5.32 Å². The second-order valence-electron chi connectivity index (χ2n) is 3.91. The van der Waals surface area contributed by atoms with Gasteiger partial charge in [-0.3, -0.25) is 0 Å². The van der Waals surface area contributed by atoms with Gasteiger partial charge in [-0.15, -0.1) is 0 Å². The molecule has 1 unspecified atom stereocenters. The zero-order valence-corrected chi connectivity index (χ0v) is 9.33. The molecule has 0 fully saturated rings. The van der Waals surface area contributed by atoms with Crippen molar-refractivity contribution >= 4 is 5.69 Å². The van der Waals surface area contributed by atoms with E-state index >= 15 is 0 Å². The molecule has 1 atom stereocenters. The fraction of sp³-hybridized carbons (Fsp3) is 0.231. The van der Waals surface area contributed by atoms with Crippen molar-refractivity contribution in [2.45, 2.75) is 19.9 Å². The first kappa shape index (κ1) is 10.7. The summed E-state index contributed by atoms with van der Waals surface area (Å²) in [5.41, 5.74) is 2.55. The first-order chi connectivity index (χ1) is 7.66. The summed E-state index contributed by atoms with van der Waals surface area (Å²) in [5, 5.41) is 3.12. The Morgan fingerprint density at radius 3 is 2.81 bits per heavy atom. The van der Waals surface area contributed by atoms with Crippen LogP contribution < -0.4 is 5.32 Å². The van der Waals surface area contributed by atoms with Crippen molar-refractivity contribution < 1.29 is 8.81 Å². The molecule has 2 nitrogen and oxygen atoms in total. The van der Waals surface area contributed by atoms with Gasteiger partial charge in [0.15, 0.2) is 0 Å². The molecule has 0 radical (unpaired) electrons. The minimum absolute atomic E-state index is 0.0232. The summed E-state index contributed by atoms with van der Waals surface area (Å²) in [6.45, 7) is 3.90. The van der Waals surface area contributed by atoms with Crippen LogP contribution in [0.15, 0.2) is 41.2 Å². The summed E-state index contributed by atoms with van der Waals surface area (Å²) < 4.78 is 18.5. The van der Waals surface area contributed by atoms with Gasteiger partial charge >= 0.3 is 0 Å². The van der Waals surface area contributed by atoms with Crippen LogP contribution in [0.3, 0.4) is 0 Å². The molecule has 0 bridgehead atoms. The average molecular weight is 219 g/mol. The van der Waals surface area contributed by atoms with Crippen molar-refractivity contribution in [3.8, 4) is 0 Å². The molecule has 16 heavy (non-hydrogen) atoms. The van der Waals surface area contributed by atoms with Gasteiger partial charge in [0.2, 0.25) is 0 Å². The van der Waals surface area contributed by atoms with Crippen LogP contribution in [0.2, 0.25) is 0 Å². The number of halogens is 1. The summed E-state index contributed by atoms with van der Waals surface area (Å²) in [6, 6.07) is 6.91. The molecule has 1 aromatic heterocycles. The number of rotatable bonds is 3. The normalized spacial score (nSPS) is 12.4. The third kappa shape index (κ3) is 2.24. The Balaban J connectivity index is 2.17. The highest BCUT2D eigenvalue weighted by Gasteiger charge is 2.09. The summed E-state index contributed by atoms with van der Waals surface area (Å²) in [4.78, 5) is 0. The van der Waals surface area contributed by atoms with Crippen LogP contribution in [-0.2, 0) is 0 Å². The second-order valence-corrected chi connectivity index (χ2v) is 3.91. The third-order valence-corrected chi connectivity index (χ3v) is 2.54. The summed E-state index contributed by atoms with van der Waals surface area (Å²) >= 11 is 0. The van der Waals surface area contributed by atoms with Crippen molar-refractivity contribution in [1.29, 1.82) is 0 Å². The molecule has 3 heteroatoms. The van der Waals surface area contributed by atoms with E-state index in [9.17, 15) is 4.39 Å². The quantitative estimate of drug-likeness (QED) is 0.846. The fourth-order valence-corrected chi connectivity index (χ4v) is 1.59. The first-order valence-electron chi connectivity index (χ1n) is 5.21. The lowest BCUT2D eigenvalue weighted by Gasteiger charge is -2.14. The molecule has 0 spiro atoms. The van der Waals surface area contributed by atoms with Gasteiger partial charge in [0.1, 0.15) is 5.82 Å². The van der Waals surface area contributed by atoms with Crippen LogP contribution >= 0.6 is 0 Å². The van der Waals surface area contributed by atoms with Crippen molar-refractivity contribution in [3.63, 3.8) is 0 Å². The summed E-state index contributed by atoms with van der Waals surface area (Å²) in [6.07, 6.45) is 3.27. The lowest BCUT2D eigenvalue weighted by molar-refractivity contribution is 0.562. The van der Waals surface area contributed by atoms with Crippen LogP contribution in [0.1, 0.15) is 24.1 Å². The zero-order chi connectivity index (χ0) is 11.5. The highest BCUT2D eigenvalue weighted by atomic mass is 19.1. The number of nitrogens with one attached hydrogen (secondary N) is 1. The topological polar surface area (TPSA) is 25.2 Å². The Morgan fingerprint density at radius 1 is 1.31 bits per heavy atom. The van der Waals surface area contributed by atoms with Gasteiger partial charge in [-0.2, -0.15) is 0 Å². The van der Waals surface area contributed by atoms with Crippen LogP contribution in [0.4, 0.5) is 10.1 Å². The minimum atomic E-state index is -0.235. The van der Waals surface area contributed by atoms with E-state index in [0.717, 1.165) is 11.1 Å². The molecule has 0 aliphatic heterocycles. The average Bonchev–Trinajstić information content (AvgIpc) is 2.76. The summed E-state index contributed by atoms with van der Waals surface area (Å²) in [7, 11) is 0. The van der Waals surface area contributed by atoms with Gasteiger partial charge in [-0.1, -0.05) is 6.07 Å². The standard InChI is InChI=1S/C13H14FNO/c1-9-3-4-12(14)13(7-9)15-10(2)11-5-6-16-8-11/h3-8,10,15H,1-2H3. The lowest BCUT2D eigenvalue weighted by Crippen LogP contribution is -2.07. The van der Waals surface area contributed by atoms with E-state index < -0.39 is 0 Å². The summed E-state index contributed by atoms with van der Waals surface area (Å²) in [5.74, 6) is -0.235. The second kappa shape index (κ2) is 4.39. The Morgan fingerprint density at radius 2 is 2.12 bits per heavy atom. The maximum absolute atomic E-state index is 13.5. The molecular formula is C13H14FNO. The predicted molar refractivity (Wildman–Crippen MR) is 61.9 cm³/mol. The number of benzene rings is 1. The highest BCUT2D eigenvalue weighted by Crippen LogP contribution is 2.22. The Kier molecular flexibility index (Phi) is 2.95. The molecular weight excluding hydrogens is 205 g/mol. The van der Waals surface area contributed by atoms with E-state index in [1.807, 2.05) is 19.9 Å². The Labute approximate surface area is 94.1 Å². The zero-order valence-electron chi connectivity index (χ0n) is 9.33. The van der Waals surface area contributed by atoms with Crippen LogP contribution in [0.5, 0.6) is 0 Å². The number of hydrogen-bond acceptors (Lipinski definition) is 2. The van der Waals surface area contributed by atoms with Gasteiger partial charge in [-0.25, -0.2) is 4.39 Å². The van der Waals surface area contributed by atoms with E-state index in [0.29, 0.717) is 5.69 Å². The fourth-order valence-electron chi connectivity index (χ4n) is 1.59. The minimum Gasteiger partial charge on any atom is -0.472 e. The van der Waals surface area contributed by atoms with Crippen LogP contribution in [0, 0.1) is 12.7 Å². The highest BCUT2D eigenvalue weighted by molar-refractivity contribution is 5.48. The molecule has 0 saturated carbocycles. The van der Waals surface area contributed by atoms with E-state index in [4.69, 9.17) is 4.42 Å². The van der Waals surface area contributed by atoms with Gasteiger partial charge in [-0.05, 0) is 37.6 Å². The first-order valence-corrected chi connectivity index (χ1v) is 5.21. The van der Waals surface area contributed by atoms with Crippen LogP contribution in [0.25, 0.3) is 0 Å². The van der Waals surface area contributed by atoms with E-state index in [1.165, 1.54) is 6.07 Å². The molecule has 84 valence electrons. The van der Waals surface area contributed by atoms with Crippen molar-refractivity contribution in [1.82, 2.24) is 0 Å². The van der Waals surface area contributed by atoms with E-state index in [1.54, 1.807) is 24.7 Å². The van der Waals surface area contributed by atoms with Crippen molar-refractivity contribution in [2.75, 3.05) is 5.32 Å². The molecule has 2 rings (SSSR count). The monoisotopic (exact) mass is 219 g/mol. The maximum Gasteiger partial charge on any atom is 0.146 e. The van der Waals surface area contributed by atoms with Gasteiger partial charge in [0.05, 0.1) is 24.3 Å². The number of hydrogen-bond donors (Lipinski definition) is 1. The molecule has 0 aliphatic rings. The molecule has 2 aromatic rings. The molecule has 0 amide bonds. The van der Waals surface area contributed by atoms with Gasteiger partial charge in [0, 0.05) is 5.56 Å². The van der Waals surface area contributed by atoms with Crippen LogP contribution in [-0.4, -0.2) is 0 Å². The third-order valence-electron chi connectivity index (χ3n) is 2.54. The molecule has 1 aromatic carbocycles. The Hall–Kier alpha value is -1.77.